The molecule has 0 heteroatoms. The highest BCUT2D eigenvalue weighted by atomic mass is 14.0. The van der Waals surface area contributed by atoms with E-state index in [2.05, 4.69) is 37.3 Å². The van der Waals surface area contributed by atoms with Crippen molar-refractivity contribution in [1.82, 2.24) is 0 Å². The van der Waals surface area contributed by atoms with Gasteiger partial charge in [-0.05, 0) is 18.4 Å². The van der Waals surface area contributed by atoms with E-state index >= 15 is 0 Å². The molecule has 0 aliphatic rings. The molecule has 0 saturated carbocycles. The van der Waals surface area contributed by atoms with Crippen LogP contribution in [0.25, 0.3) is 0 Å². The van der Waals surface area contributed by atoms with Gasteiger partial charge in [-0.2, -0.15) is 0 Å². The number of hydrogen-bond acceptors (Lipinski definition) is 0. The van der Waals surface area contributed by atoms with E-state index in [1.165, 1.54) is 173 Å². The first-order valence-electron chi connectivity index (χ1n) is 15.5. The van der Waals surface area contributed by atoms with Crippen molar-refractivity contribution >= 4 is 0 Å². The molecule has 0 atom stereocenters. The molecule has 0 amide bonds. The summed E-state index contributed by atoms with van der Waals surface area (Å²) in [6.07, 6.45) is 37.9. The number of aryl methyl sites for hydroxylation is 1. The van der Waals surface area contributed by atoms with Gasteiger partial charge in [0.2, 0.25) is 0 Å². The molecule has 0 aromatic heterocycles. The molecule has 1 rings (SSSR count). The third kappa shape index (κ3) is 22.8. The maximum absolute atomic E-state index is 2.30. The van der Waals surface area contributed by atoms with Crippen molar-refractivity contribution < 1.29 is 0 Å². The monoisotopic (exact) mass is 456 g/mol. The van der Waals surface area contributed by atoms with Crippen molar-refractivity contribution in [3.63, 3.8) is 0 Å². The number of benzene rings is 1. The summed E-state index contributed by atoms with van der Waals surface area (Å²) >= 11 is 0. The number of hydrogen-bond donors (Lipinski definition) is 0. The Morgan fingerprint density at radius 1 is 0.333 bits per heavy atom. The fraction of sp³-hybridized carbons (Fsp3) is 0.818. The van der Waals surface area contributed by atoms with E-state index in [4.69, 9.17) is 0 Å². The van der Waals surface area contributed by atoms with Crippen LogP contribution in [0, 0.1) is 0 Å². The average molecular weight is 457 g/mol. The summed E-state index contributed by atoms with van der Waals surface area (Å²) in [7, 11) is 0. The van der Waals surface area contributed by atoms with Gasteiger partial charge in [-0.15, -0.1) is 0 Å². The molecule has 0 N–H and O–H groups in total. The predicted octanol–water partition coefficient (Wildman–Crippen LogP) is 12.0. The first-order valence-corrected chi connectivity index (χ1v) is 15.5. The topological polar surface area (TPSA) is 0 Å². The molecule has 0 aliphatic heterocycles. The van der Waals surface area contributed by atoms with Crippen molar-refractivity contribution in [1.29, 1.82) is 0 Å². The van der Waals surface area contributed by atoms with E-state index in [-0.39, 0.29) is 0 Å². The molecule has 0 heterocycles. The molecule has 192 valence electrons. The van der Waals surface area contributed by atoms with Crippen molar-refractivity contribution in [3.8, 4) is 0 Å². The fourth-order valence-corrected chi connectivity index (χ4v) is 5.11. The first kappa shape index (κ1) is 30.3. The Kier molecular flexibility index (Phi) is 23.7. The summed E-state index contributed by atoms with van der Waals surface area (Å²) in [5.41, 5.74) is 1.51. The summed E-state index contributed by atoms with van der Waals surface area (Å²) in [4.78, 5) is 0. The lowest BCUT2D eigenvalue weighted by Crippen LogP contribution is -1.86. The van der Waals surface area contributed by atoms with Crippen LogP contribution in [0.3, 0.4) is 0 Å². The van der Waals surface area contributed by atoms with Gasteiger partial charge in [-0.3, -0.25) is 0 Å². The molecule has 0 aliphatic carbocycles. The molecule has 0 fully saturated rings. The van der Waals surface area contributed by atoms with Crippen LogP contribution in [0.5, 0.6) is 0 Å². The SMILES string of the molecule is CCCCCCCCCCCCCCCCCCCCCCCCCCCc1ccccc1. The molecule has 0 saturated heterocycles. The lowest BCUT2D eigenvalue weighted by atomic mass is 10.0. The maximum Gasteiger partial charge on any atom is -0.0279 e. The highest BCUT2D eigenvalue weighted by Crippen LogP contribution is 2.16. The largest absolute Gasteiger partial charge is 0.0654 e. The Morgan fingerprint density at radius 3 is 0.909 bits per heavy atom. The van der Waals surface area contributed by atoms with Crippen LogP contribution in [0.15, 0.2) is 30.3 Å². The van der Waals surface area contributed by atoms with Crippen LogP contribution in [-0.4, -0.2) is 0 Å². The minimum absolute atomic E-state index is 1.26. The van der Waals surface area contributed by atoms with Crippen molar-refractivity contribution in [2.45, 2.75) is 174 Å². The van der Waals surface area contributed by atoms with Crippen molar-refractivity contribution in [3.05, 3.63) is 35.9 Å². The smallest absolute Gasteiger partial charge is 0.0279 e. The zero-order chi connectivity index (χ0) is 23.5. The fourth-order valence-electron chi connectivity index (χ4n) is 5.11. The zero-order valence-electron chi connectivity index (χ0n) is 22.8. The van der Waals surface area contributed by atoms with E-state index in [0.717, 1.165) is 0 Å². The Balaban J connectivity index is 1.64. The van der Waals surface area contributed by atoms with Gasteiger partial charge in [0.05, 0.1) is 0 Å². The minimum Gasteiger partial charge on any atom is -0.0654 e. The van der Waals surface area contributed by atoms with E-state index in [9.17, 15) is 0 Å². The van der Waals surface area contributed by atoms with Crippen LogP contribution in [0.2, 0.25) is 0 Å². The Morgan fingerprint density at radius 2 is 0.606 bits per heavy atom. The predicted molar refractivity (Wildman–Crippen MR) is 151 cm³/mol. The molecule has 0 spiro atoms. The van der Waals surface area contributed by atoms with Gasteiger partial charge in [0, 0.05) is 0 Å². The minimum atomic E-state index is 1.26. The van der Waals surface area contributed by atoms with Crippen LogP contribution in [0.1, 0.15) is 173 Å². The van der Waals surface area contributed by atoms with Crippen LogP contribution in [-0.2, 0) is 6.42 Å². The van der Waals surface area contributed by atoms with E-state index in [1.54, 1.807) is 0 Å². The van der Waals surface area contributed by atoms with Gasteiger partial charge in [0.1, 0.15) is 0 Å². The molecule has 1 aromatic carbocycles. The maximum atomic E-state index is 2.30. The second-order valence-electron chi connectivity index (χ2n) is 10.7. The zero-order valence-corrected chi connectivity index (χ0v) is 22.8. The van der Waals surface area contributed by atoms with E-state index < -0.39 is 0 Å². The van der Waals surface area contributed by atoms with Crippen molar-refractivity contribution in [2.75, 3.05) is 0 Å². The molecule has 1 aromatic rings. The standard InChI is InChI=1S/C33H60/c1-2-3-4-5-6-7-8-9-10-11-12-13-14-15-16-17-18-19-20-21-22-23-24-25-27-30-33-31-28-26-29-32-33/h26,28-29,31-32H,2-25,27,30H2,1H3. The molecular formula is C33H60. The Labute approximate surface area is 209 Å². The average Bonchev–Trinajstić information content (AvgIpc) is 2.84. The molecule has 0 bridgehead atoms. The third-order valence-corrected chi connectivity index (χ3v) is 7.41. The second kappa shape index (κ2) is 25.8. The summed E-state index contributed by atoms with van der Waals surface area (Å²) in [5, 5.41) is 0. The Bertz CT molecular complexity index is 462. The number of unbranched alkanes of at least 4 members (excludes halogenated alkanes) is 24. The molecule has 0 radical (unpaired) electrons. The van der Waals surface area contributed by atoms with Gasteiger partial charge in [-0.25, -0.2) is 0 Å². The van der Waals surface area contributed by atoms with E-state index in [0.29, 0.717) is 0 Å². The number of rotatable bonds is 26. The van der Waals surface area contributed by atoms with Crippen LogP contribution in [0.4, 0.5) is 0 Å². The Hall–Kier alpha value is -0.780. The van der Waals surface area contributed by atoms with Crippen LogP contribution >= 0.6 is 0 Å². The summed E-state index contributed by atoms with van der Waals surface area (Å²) in [6, 6.07) is 11.0. The highest BCUT2D eigenvalue weighted by Gasteiger charge is 1.97. The van der Waals surface area contributed by atoms with Gasteiger partial charge in [-0.1, -0.05) is 191 Å². The summed E-state index contributed by atoms with van der Waals surface area (Å²) in [5.74, 6) is 0. The quantitative estimate of drug-likeness (QED) is 0.122. The molecule has 0 nitrogen and oxygen atoms in total. The van der Waals surface area contributed by atoms with Gasteiger partial charge < -0.3 is 0 Å². The normalized spacial score (nSPS) is 11.3. The molecular weight excluding hydrogens is 396 g/mol. The molecule has 0 unspecified atom stereocenters. The van der Waals surface area contributed by atoms with Crippen molar-refractivity contribution in [2.24, 2.45) is 0 Å². The highest BCUT2D eigenvalue weighted by molar-refractivity contribution is 5.14. The molecule has 33 heavy (non-hydrogen) atoms. The van der Waals surface area contributed by atoms with Gasteiger partial charge >= 0.3 is 0 Å². The second-order valence-corrected chi connectivity index (χ2v) is 10.7. The lowest BCUT2D eigenvalue weighted by Gasteiger charge is -2.04. The summed E-state index contributed by atoms with van der Waals surface area (Å²) < 4.78 is 0. The lowest BCUT2D eigenvalue weighted by molar-refractivity contribution is 0.516. The first-order chi connectivity index (χ1) is 16.4. The third-order valence-electron chi connectivity index (χ3n) is 7.41. The summed E-state index contributed by atoms with van der Waals surface area (Å²) in [6.45, 7) is 2.30. The van der Waals surface area contributed by atoms with Crippen LogP contribution < -0.4 is 0 Å². The van der Waals surface area contributed by atoms with Gasteiger partial charge in [0.15, 0.2) is 0 Å². The van der Waals surface area contributed by atoms with Gasteiger partial charge in [0.25, 0.3) is 0 Å². The van der Waals surface area contributed by atoms with E-state index in [1.807, 2.05) is 0 Å².